The van der Waals surface area contributed by atoms with Gasteiger partial charge in [0.2, 0.25) is 5.12 Å². The molecule has 0 aromatic rings. The zero-order valence-corrected chi connectivity index (χ0v) is 11.0. The largest absolute Gasteiger partial charge is 0.481 e. The van der Waals surface area contributed by atoms with Gasteiger partial charge >= 0.3 is 11.9 Å². The lowest BCUT2D eigenvalue weighted by Gasteiger charge is -2.02. The van der Waals surface area contributed by atoms with E-state index >= 15 is 0 Å². The Morgan fingerprint density at radius 3 is 2.71 bits per heavy atom. The number of carboxylic acids is 1. The van der Waals surface area contributed by atoms with Gasteiger partial charge in [0.1, 0.15) is 6.61 Å². The molecule has 5 nitrogen and oxygen atoms in total. The Balaban J connectivity index is 2.38. The van der Waals surface area contributed by atoms with Crippen molar-refractivity contribution in [3.05, 3.63) is 21.5 Å². The van der Waals surface area contributed by atoms with E-state index in [4.69, 9.17) is 9.84 Å². The first-order chi connectivity index (χ1) is 8.02. The molecule has 7 heteroatoms. The van der Waals surface area contributed by atoms with Gasteiger partial charge in [-0.25, -0.2) is 0 Å². The zero-order chi connectivity index (χ0) is 12.8. The molecular weight excluding hydrogens is 312 g/mol. The number of hydrogen-bond acceptors (Lipinski definition) is 5. The Morgan fingerprint density at radius 2 is 2.18 bits per heavy atom. The van der Waals surface area contributed by atoms with Crippen LogP contribution < -0.4 is 0 Å². The molecule has 1 N–H and O–H groups in total. The van der Waals surface area contributed by atoms with E-state index in [1.54, 1.807) is 11.1 Å². The third-order valence-corrected chi connectivity index (χ3v) is 3.54. The van der Waals surface area contributed by atoms with Crippen LogP contribution >= 0.6 is 27.7 Å². The second-order valence-corrected chi connectivity index (χ2v) is 4.63. The van der Waals surface area contributed by atoms with Crippen LogP contribution in [0, 0.1) is 0 Å². The highest BCUT2D eigenvalue weighted by atomic mass is 79.9. The van der Waals surface area contributed by atoms with Crippen molar-refractivity contribution in [3.8, 4) is 0 Å². The topological polar surface area (TPSA) is 80.7 Å². The maximum absolute atomic E-state index is 11.4. The Bertz CT molecular complexity index is 413. The van der Waals surface area contributed by atoms with Crippen molar-refractivity contribution in [2.75, 3.05) is 6.61 Å². The van der Waals surface area contributed by atoms with Crippen molar-refractivity contribution < 1.29 is 24.2 Å². The molecule has 17 heavy (non-hydrogen) atoms. The Labute approximate surface area is 110 Å². The molecule has 0 spiro atoms. The summed E-state index contributed by atoms with van der Waals surface area (Å²) < 4.78 is 4.79. The highest BCUT2D eigenvalue weighted by molar-refractivity contribution is 9.11. The van der Waals surface area contributed by atoms with Crippen molar-refractivity contribution in [1.82, 2.24) is 0 Å². The van der Waals surface area contributed by atoms with Crippen LogP contribution in [0.5, 0.6) is 0 Å². The van der Waals surface area contributed by atoms with Gasteiger partial charge in [0.25, 0.3) is 0 Å². The SMILES string of the molecule is O=C(O)CCC(=O)OCC1=CC(=CBr)SC1=O. The van der Waals surface area contributed by atoms with Gasteiger partial charge in [-0.1, -0.05) is 15.9 Å². The molecule has 0 aliphatic carbocycles. The molecule has 0 saturated carbocycles. The second-order valence-electron chi connectivity index (χ2n) is 3.12. The lowest BCUT2D eigenvalue weighted by molar-refractivity contribution is -0.147. The monoisotopic (exact) mass is 320 g/mol. The van der Waals surface area contributed by atoms with E-state index in [2.05, 4.69) is 15.9 Å². The number of esters is 1. The van der Waals surface area contributed by atoms with E-state index < -0.39 is 11.9 Å². The maximum Gasteiger partial charge on any atom is 0.306 e. The summed E-state index contributed by atoms with van der Waals surface area (Å²) in [5.41, 5.74) is 0.393. The molecule has 0 fully saturated rings. The quantitative estimate of drug-likeness (QED) is 0.778. The number of rotatable bonds is 5. The van der Waals surface area contributed by atoms with Gasteiger partial charge in [0.05, 0.1) is 12.8 Å². The predicted octanol–water partition coefficient (Wildman–Crippen LogP) is 1.83. The summed E-state index contributed by atoms with van der Waals surface area (Å²) in [7, 11) is 0. The van der Waals surface area contributed by atoms with Gasteiger partial charge in [-0.2, -0.15) is 0 Å². The van der Waals surface area contributed by atoms with E-state index in [0.29, 0.717) is 5.57 Å². The summed E-state index contributed by atoms with van der Waals surface area (Å²) in [5, 5.41) is 8.20. The third-order valence-electron chi connectivity index (χ3n) is 1.83. The summed E-state index contributed by atoms with van der Waals surface area (Å²) in [4.78, 5) is 35.0. The molecule has 0 aromatic carbocycles. The average Bonchev–Trinajstić information content (AvgIpc) is 2.64. The van der Waals surface area contributed by atoms with Crippen molar-refractivity contribution in [1.29, 1.82) is 0 Å². The summed E-state index contributed by atoms with van der Waals surface area (Å²) >= 11 is 4.14. The van der Waals surface area contributed by atoms with Crippen LogP contribution in [-0.2, 0) is 19.1 Å². The van der Waals surface area contributed by atoms with E-state index in [9.17, 15) is 14.4 Å². The van der Waals surface area contributed by atoms with Gasteiger partial charge in [-0.15, -0.1) is 0 Å². The summed E-state index contributed by atoms with van der Waals surface area (Å²) in [6.07, 6.45) is 1.16. The molecule has 0 aromatic heterocycles. The molecule has 1 rings (SSSR count). The number of thioether (sulfide) groups is 1. The van der Waals surface area contributed by atoms with Gasteiger partial charge in [0, 0.05) is 10.5 Å². The number of hydrogen-bond donors (Lipinski definition) is 1. The van der Waals surface area contributed by atoms with Crippen LogP contribution in [0.4, 0.5) is 0 Å². The number of carboxylic acid groups (broad SMARTS) is 1. The normalized spacial score (nSPS) is 17.1. The summed E-state index contributed by atoms with van der Waals surface area (Å²) in [6.45, 7) is -0.116. The van der Waals surface area contributed by atoms with Crippen molar-refractivity contribution in [2.45, 2.75) is 12.8 Å². The molecule has 1 aliphatic heterocycles. The first kappa shape index (κ1) is 14.0. The fourth-order valence-electron chi connectivity index (χ4n) is 1.03. The van der Waals surface area contributed by atoms with Gasteiger partial charge < -0.3 is 9.84 Å². The third kappa shape index (κ3) is 4.74. The first-order valence-electron chi connectivity index (χ1n) is 4.63. The van der Waals surface area contributed by atoms with Crippen LogP contribution in [0.2, 0.25) is 0 Å². The Hall–Kier alpha value is -1.08. The molecule has 92 valence electrons. The lowest BCUT2D eigenvalue weighted by Crippen LogP contribution is -2.11. The minimum atomic E-state index is -1.06. The van der Waals surface area contributed by atoms with E-state index in [-0.39, 0.29) is 24.6 Å². The zero-order valence-electron chi connectivity index (χ0n) is 8.64. The lowest BCUT2D eigenvalue weighted by atomic mass is 10.3. The number of ether oxygens (including phenoxy) is 1. The highest BCUT2D eigenvalue weighted by Gasteiger charge is 2.21. The van der Waals surface area contributed by atoms with Gasteiger partial charge in [-0.05, 0) is 22.8 Å². The average molecular weight is 321 g/mol. The molecule has 1 heterocycles. The van der Waals surface area contributed by atoms with Crippen LogP contribution in [-0.4, -0.2) is 28.8 Å². The molecule has 0 amide bonds. The molecule has 0 atom stereocenters. The fraction of sp³-hybridized carbons (Fsp3) is 0.300. The number of halogens is 1. The number of carbonyl (C=O) groups excluding carboxylic acids is 2. The first-order valence-corrected chi connectivity index (χ1v) is 6.36. The molecular formula is C10H9BrO5S. The highest BCUT2D eigenvalue weighted by Crippen LogP contribution is 2.31. The molecule has 0 bridgehead atoms. The minimum absolute atomic E-state index is 0.116. The number of aliphatic carboxylic acids is 1. The smallest absolute Gasteiger partial charge is 0.306 e. The van der Waals surface area contributed by atoms with E-state index in [0.717, 1.165) is 16.7 Å². The number of carbonyl (C=O) groups is 3. The molecule has 0 radical (unpaired) electrons. The van der Waals surface area contributed by atoms with Crippen molar-refractivity contribution >= 4 is 44.7 Å². The molecule has 1 aliphatic rings. The van der Waals surface area contributed by atoms with Gasteiger partial charge in [-0.3, -0.25) is 14.4 Å². The molecule has 0 unspecified atom stereocenters. The van der Waals surface area contributed by atoms with Crippen molar-refractivity contribution in [3.63, 3.8) is 0 Å². The summed E-state index contributed by atoms with van der Waals surface area (Å²) in [6, 6.07) is 0. The van der Waals surface area contributed by atoms with Crippen LogP contribution in [0.1, 0.15) is 12.8 Å². The second kappa shape index (κ2) is 6.61. The van der Waals surface area contributed by atoms with E-state index in [1.807, 2.05) is 0 Å². The van der Waals surface area contributed by atoms with Crippen LogP contribution in [0.3, 0.4) is 0 Å². The van der Waals surface area contributed by atoms with E-state index in [1.165, 1.54) is 0 Å². The Kier molecular flexibility index (Phi) is 5.43. The Morgan fingerprint density at radius 1 is 1.47 bits per heavy atom. The maximum atomic E-state index is 11.4. The minimum Gasteiger partial charge on any atom is -0.481 e. The van der Waals surface area contributed by atoms with Crippen LogP contribution in [0.15, 0.2) is 21.5 Å². The van der Waals surface area contributed by atoms with Gasteiger partial charge in [0.15, 0.2) is 0 Å². The van der Waals surface area contributed by atoms with Crippen molar-refractivity contribution in [2.24, 2.45) is 0 Å². The fourth-order valence-corrected chi connectivity index (χ4v) is 2.15. The predicted molar refractivity (Wildman–Crippen MR) is 65.5 cm³/mol. The van der Waals surface area contributed by atoms with Crippen LogP contribution in [0.25, 0.3) is 0 Å². The molecule has 0 saturated heterocycles. The standard InChI is InChI=1S/C10H9BrO5S/c11-4-7-3-6(10(15)17-7)5-16-9(14)2-1-8(12)13/h3-4H,1-2,5H2,(H,12,13). The summed E-state index contributed by atoms with van der Waals surface area (Å²) in [5.74, 6) is -1.68. The number of allylic oxidation sites excluding steroid dienone is 1.